The second-order valence-electron chi connectivity index (χ2n) is 4.18. The van der Waals surface area contributed by atoms with E-state index >= 15 is 0 Å². The minimum atomic E-state index is -0.385. The first kappa shape index (κ1) is 14.3. The van der Waals surface area contributed by atoms with E-state index in [0.717, 1.165) is 11.1 Å². The second-order valence-corrected chi connectivity index (χ2v) is 5.68. The van der Waals surface area contributed by atoms with Gasteiger partial charge in [-0.05, 0) is 23.3 Å². The lowest BCUT2D eigenvalue weighted by molar-refractivity contribution is -0.139. The van der Waals surface area contributed by atoms with Gasteiger partial charge in [-0.15, -0.1) is 0 Å². The molecular formula is C13H14INO4. The van der Waals surface area contributed by atoms with Crippen molar-refractivity contribution < 1.29 is 19.1 Å². The Morgan fingerprint density at radius 1 is 1.42 bits per heavy atom. The van der Waals surface area contributed by atoms with Gasteiger partial charge in [0.25, 0.3) is 5.91 Å². The number of benzene rings is 1. The number of rotatable bonds is 4. The zero-order valence-corrected chi connectivity index (χ0v) is 12.6. The summed E-state index contributed by atoms with van der Waals surface area (Å²) in [6, 6.07) is 5.50. The maximum atomic E-state index is 12.0. The number of fused-ring (bicyclic) bond motifs is 1. The Bertz CT molecular complexity index is 503. The smallest absolute Gasteiger partial charge is 0.320 e. The number of amides is 1. The Morgan fingerprint density at radius 3 is 2.89 bits per heavy atom. The van der Waals surface area contributed by atoms with Crippen LogP contribution in [0.4, 0.5) is 0 Å². The number of halogens is 1. The van der Waals surface area contributed by atoms with Crippen LogP contribution in [0.5, 0.6) is 0 Å². The molecule has 1 heterocycles. The van der Waals surface area contributed by atoms with Crippen LogP contribution in [0.15, 0.2) is 18.2 Å². The molecule has 6 heteroatoms. The number of carbonyl (C=O) groups is 2. The highest BCUT2D eigenvalue weighted by Gasteiger charge is 2.18. The third kappa shape index (κ3) is 3.44. The van der Waals surface area contributed by atoms with Crippen LogP contribution in [0.2, 0.25) is 0 Å². The number of hydrogen-bond donors (Lipinski definition) is 1. The number of methoxy groups -OCH3 is 1. The molecule has 1 amide bonds. The quantitative estimate of drug-likeness (QED) is 0.491. The molecule has 0 saturated heterocycles. The summed E-state index contributed by atoms with van der Waals surface area (Å²) in [7, 11) is 1.33. The zero-order chi connectivity index (χ0) is 13.8. The van der Waals surface area contributed by atoms with Crippen molar-refractivity contribution in [3.05, 3.63) is 34.9 Å². The third-order valence-electron chi connectivity index (χ3n) is 2.88. The number of carbonyl (C=O) groups excluding carboxylic acids is 2. The lowest BCUT2D eigenvalue weighted by Crippen LogP contribution is -2.33. The molecule has 0 aliphatic carbocycles. The Hall–Kier alpha value is -1.15. The van der Waals surface area contributed by atoms with E-state index in [1.54, 1.807) is 6.07 Å². The van der Waals surface area contributed by atoms with Gasteiger partial charge in [0.1, 0.15) is 3.92 Å². The van der Waals surface area contributed by atoms with E-state index in [0.29, 0.717) is 18.8 Å². The van der Waals surface area contributed by atoms with Gasteiger partial charge >= 0.3 is 5.97 Å². The van der Waals surface area contributed by atoms with Crippen LogP contribution in [0.25, 0.3) is 0 Å². The highest BCUT2D eigenvalue weighted by atomic mass is 127. The van der Waals surface area contributed by atoms with Crippen molar-refractivity contribution in [1.82, 2.24) is 5.32 Å². The summed E-state index contributed by atoms with van der Waals surface area (Å²) in [5.41, 5.74) is 2.75. The largest absolute Gasteiger partial charge is 0.468 e. The molecule has 0 fully saturated rings. The van der Waals surface area contributed by atoms with E-state index in [1.165, 1.54) is 7.11 Å². The van der Waals surface area contributed by atoms with Gasteiger partial charge in [0.15, 0.2) is 0 Å². The monoisotopic (exact) mass is 375 g/mol. The zero-order valence-electron chi connectivity index (χ0n) is 10.4. The van der Waals surface area contributed by atoms with Crippen LogP contribution in [-0.2, 0) is 27.5 Å². The standard InChI is InChI=1S/C13H14INO4/c1-18-13(17)11(14)5-15-12(16)8-2-3-9-6-19-7-10(9)4-8/h2-4,11H,5-7H2,1H3,(H,15,16). The average Bonchev–Trinajstić information content (AvgIpc) is 2.90. The summed E-state index contributed by atoms with van der Waals surface area (Å²) in [6.45, 7) is 1.41. The van der Waals surface area contributed by atoms with Crippen LogP contribution >= 0.6 is 22.6 Å². The van der Waals surface area contributed by atoms with Crippen LogP contribution in [0.3, 0.4) is 0 Å². The molecule has 2 rings (SSSR count). The molecule has 1 atom stereocenters. The number of nitrogens with one attached hydrogen (secondary N) is 1. The van der Waals surface area contributed by atoms with E-state index in [1.807, 2.05) is 34.7 Å². The van der Waals surface area contributed by atoms with Gasteiger partial charge in [-0.3, -0.25) is 9.59 Å². The number of alkyl halides is 1. The van der Waals surface area contributed by atoms with E-state index in [2.05, 4.69) is 10.1 Å². The van der Waals surface area contributed by atoms with Crippen molar-refractivity contribution in [2.24, 2.45) is 0 Å². The predicted octanol–water partition coefficient (Wildman–Crippen LogP) is 1.42. The highest BCUT2D eigenvalue weighted by molar-refractivity contribution is 14.1. The van der Waals surface area contributed by atoms with Crippen molar-refractivity contribution >= 4 is 34.5 Å². The van der Waals surface area contributed by atoms with Crippen LogP contribution < -0.4 is 5.32 Å². The van der Waals surface area contributed by atoms with Crippen molar-refractivity contribution in [2.75, 3.05) is 13.7 Å². The topological polar surface area (TPSA) is 64.6 Å². The molecule has 1 unspecified atom stereocenters. The number of esters is 1. The molecule has 1 N–H and O–H groups in total. The molecule has 19 heavy (non-hydrogen) atoms. The summed E-state index contributed by atoms with van der Waals surface area (Å²) in [5.74, 6) is -0.538. The van der Waals surface area contributed by atoms with E-state index in [4.69, 9.17) is 4.74 Å². The van der Waals surface area contributed by atoms with Crippen molar-refractivity contribution in [1.29, 1.82) is 0 Å². The van der Waals surface area contributed by atoms with Crippen LogP contribution in [-0.4, -0.2) is 29.5 Å². The van der Waals surface area contributed by atoms with Gasteiger partial charge in [0.2, 0.25) is 0 Å². The van der Waals surface area contributed by atoms with Gasteiger partial charge < -0.3 is 14.8 Å². The summed E-state index contributed by atoms with van der Waals surface area (Å²) in [6.07, 6.45) is 0. The summed E-state index contributed by atoms with van der Waals surface area (Å²) in [5, 5.41) is 2.72. The fraction of sp³-hybridized carbons (Fsp3) is 0.385. The lowest BCUT2D eigenvalue weighted by Gasteiger charge is -2.09. The number of hydrogen-bond acceptors (Lipinski definition) is 4. The number of ether oxygens (including phenoxy) is 2. The molecule has 0 bridgehead atoms. The Labute approximate surface area is 124 Å². The van der Waals surface area contributed by atoms with Crippen molar-refractivity contribution in [3.63, 3.8) is 0 Å². The summed E-state index contributed by atoms with van der Waals surface area (Å²) >= 11 is 1.94. The molecule has 5 nitrogen and oxygen atoms in total. The molecular weight excluding hydrogens is 361 g/mol. The first-order chi connectivity index (χ1) is 9.11. The molecule has 1 aliphatic rings. The van der Waals surface area contributed by atoms with E-state index < -0.39 is 0 Å². The molecule has 102 valence electrons. The summed E-state index contributed by atoms with van der Waals surface area (Å²) in [4.78, 5) is 23.2. The van der Waals surface area contributed by atoms with Gasteiger partial charge in [-0.2, -0.15) is 0 Å². The Morgan fingerprint density at radius 2 is 2.16 bits per heavy atom. The first-order valence-corrected chi connectivity index (χ1v) is 7.06. The molecule has 0 radical (unpaired) electrons. The normalized spacial score (nSPS) is 14.6. The molecule has 0 spiro atoms. The first-order valence-electron chi connectivity index (χ1n) is 5.81. The lowest BCUT2D eigenvalue weighted by atomic mass is 10.1. The van der Waals surface area contributed by atoms with Gasteiger partial charge in [-0.25, -0.2) is 0 Å². The maximum Gasteiger partial charge on any atom is 0.320 e. The fourth-order valence-corrected chi connectivity index (χ4v) is 2.28. The van der Waals surface area contributed by atoms with Gasteiger partial charge in [0, 0.05) is 12.1 Å². The van der Waals surface area contributed by atoms with E-state index in [9.17, 15) is 9.59 Å². The molecule has 1 aliphatic heterocycles. The van der Waals surface area contributed by atoms with Crippen LogP contribution in [0.1, 0.15) is 21.5 Å². The van der Waals surface area contributed by atoms with Gasteiger partial charge in [-0.1, -0.05) is 28.7 Å². The van der Waals surface area contributed by atoms with Gasteiger partial charge in [0.05, 0.1) is 20.3 Å². The minimum absolute atomic E-state index is 0.194. The molecule has 1 aromatic carbocycles. The second kappa shape index (κ2) is 6.33. The van der Waals surface area contributed by atoms with Crippen molar-refractivity contribution in [3.8, 4) is 0 Å². The predicted molar refractivity (Wildman–Crippen MR) is 77.1 cm³/mol. The Kier molecular flexibility index (Phi) is 4.76. The minimum Gasteiger partial charge on any atom is -0.468 e. The maximum absolute atomic E-state index is 12.0. The van der Waals surface area contributed by atoms with E-state index in [-0.39, 0.29) is 22.3 Å². The molecule has 0 aromatic heterocycles. The molecule has 1 aromatic rings. The summed E-state index contributed by atoms with van der Waals surface area (Å²) < 4.78 is 9.51. The molecule has 0 saturated carbocycles. The fourth-order valence-electron chi connectivity index (χ4n) is 1.81. The van der Waals surface area contributed by atoms with Crippen molar-refractivity contribution in [2.45, 2.75) is 17.1 Å². The SMILES string of the molecule is COC(=O)C(I)CNC(=O)c1ccc2c(c1)COC2. The Balaban J connectivity index is 1.95. The highest BCUT2D eigenvalue weighted by Crippen LogP contribution is 2.20. The average molecular weight is 375 g/mol. The third-order valence-corrected chi connectivity index (χ3v) is 3.83. The van der Waals surface area contributed by atoms with Crippen LogP contribution in [0, 0.1) is 0 Å².